The molecule has 0 spiro atoms. The highest BCUT2D eigenvalue weighted by Crippen LogP contribution is 2.43. The lowest BCUT2D eigenvalue weighted by atomic mass is 10.0. The van der Waals surface area contributed by atoms with Crippen LogP contribution < -0.4 is 5.32 Å². The molecule has 6 nitrogen and oxygen atoms in total. The van der Waals surface area contributed by atoms with E-state index in [1.165, 1.54) is 19.2 Å². The van der Waals surface area contributed by atoms with Gasteiger partial charge in [0.05, 0.1) is 26.1 Å². The second-order valence-corrected chi connectivity index (χ2v) is 10.0. The Morgan fingerprint density at radius 3 is 2.63 bits per heavy atom. The lowest BCUT2D eigenvalue weighted by Crippen LogP contribution is -2.34. The summed E-state index contributed by atoms with van der Waals surface area (Å²) in [5.41, 5.74) is 1.09. The van der Waals surface area contributed by atoms with Crippen LogP contribution in [0.3, 0.4) is 0 Å². The smallest absolute Gasteiger partial charge is 0.281 e. The van der Waals surface area contributed by atoms with E-state index in [0.29, 0.717) is 34.0 Å². The van der Waals surface area contributed by atoms with Crippen molar-refractivity contribution < 1.29 is 22.6 Å². The monoisotopic (exact) mass is 453 g/mol. The molecule has 1 aromatic heterocycles. The number of fused-ring (bicyclic) bond motifs is 1. The number of carbonyl (C=O) groups is 2. The Kier molecular flexibility index (Phi) is 5.48. The van der Waals surface area contributed by atoms with Crippen LogP contribution in [0.4, 0.5) is 13.9 Å². The van der Waals surface area contributed by atoms with Gasteiger partial charge in [-0.05, 0) is 48.9 Å². The molecular formula is C20H21F2N3O3S2. The first-order valence-electron chi connectivity index (χ1n) is 9.55. The number of thiazole rings is 1. The van der Waals surface area contributed by atoms with Gasteiger partial charge in [0.15, 0.2) is 5.13 Å². The highest BCUT2D eigenvalue weighted by atomic mass is 32.2. The van der Waals surface area contributed by atoms with Crippen LogP contribution in [0.5, 0.6) is 0 Å². The summed E-state index contributed by atoms with van der Waals surface area (Å²) in [5, 5.41) is 2.52. The van der Waals surface area contributed by atoms with Gasteiger partial charge in [-0.3, -0.25) is 13.8 Å². The van der Waals surface area contributed by atoms with Gasteiger partial charge in [-0.15, -0.1) is 0 Å². The minimum absolute atomic E-state index is 0.0764. The molecule has 1 aromatic carbocycles. The third-order valence-electron chi connectivity index (χ3n) is 5.51. The molecule has 1 unspecified atom stereocenters. The van der Waals surface area contributed by atoms with Crippen LogP contribution in [0.15, 0.2) is 17.0 Å². The van der Waals surface area contributed by atoms with Crippen molar-refractivity contribution in [1.29, 1.82) is 0 Å². The number of halogens is 2. The molecule has 30 heavy (non-hydrogen) atoms. The Labute approximate surface area is 179 Å². The number of anilines is 1. The van der Waals surface area contributed by atoms with Crippen molar-refractivity contribution in [1.82, 2.24) is 9.88 Å². The fraction of sp³-hybridized carbons (Fsp3) is 0.450. The molecule has 0 radical (unpaired) electrons. The Bertz CT molecular complexity index is 1070. The zero-order chi connectivity index (χ0) is 21.7. The lowest BCUT2D eigenvalue weighted by molar-refractivity contribution is -0.114. The molecule has 160 valence electrons. The summed E-state index contributed by atoms with van der Waals surface area (Å²) in [6.45, 7) is 3.66. The Balaban J connectivity index is 1.81. The summed E-state index contributed by atoms with van der Waals surface area (Å²) in [4.78, 5) is 30.6. The number of carbonyl (C=O) groups excluding carboxylic acids is 2. The first-order valence-corrected chi connectivity index (χ1v) is 11.9. The molecule has 4 rings (SSSR count). The van der Waals surface area contributed by atoms with Crippen molar-refractivity contribution in [2.24, 2.45) is 5.92 Å². The summed E-state index contributed by atoms with van der Waals surface area (Å²) in [6, 6.07) is 3.33. The number of amides is 2. The van der Waals surface area contributed by atoms with Crippen LogP contribution in [0, 0.1) is 5.92 Å². The van der Waals surface area contributed by atoms with Gasteiger partial charge < -0.3 is 10.2 Å². The molecular weight excluding hydrogens is 432 g/mol. The van der Waals surface area contributed by atoms with E-state index >= 15 is 0 Å². The first kappa shape index (κ1) is 21.0. The third kappa shape index (κ3) is 3.78. The van der Waals surface area contributed by atoms with E-state index in [4.69, 9.17) is 0 Å². The number of hydrogen-bond acceptors (Lipinski definition) is 5. The highest BCUT2D eigenvalue weighted by Gasteiger charge is 2.40. The van der Waals surface area contributed by atoms with Gasteiger partial charge in [-0.2, -0.15) is 0 Å². The maximum atomic E-state index is 13.6. The van der Waals surface area contributed by atoms with Gasteiger partial charge in [-0.25, -0.2) is 13.8 Å². The molecule has 2 heterocycles. The van der Waals surface area contributed by atoms with E-state index < -0.39 is 28.8 Å². The second-order valence-electron chi connectivity index (χ2n) is 7.69. The number of nitrogens with zero attached hydrogens (tertiary/aromatic N) is 2. The fourth-order valence-corrected chi connectivity index (χ4v) is 5.66. The number of aromatic nitrogens is 1. The van der Waals surface area contributed by atoms with Crippen molar-refractivity contribution in [3.8, 4) is 10.4 Å². The van der Waals surface area contributed by atoms with Crippen molar-refractivity contribution in [2.45, 2.75) is 50.6 Å². The van der Waals surface area contributed by atoms with Crippen LogP contribution in [-0.2, 0) is 22.1 Å². The van der Waals surface area contributed by atoms with E-state index in [9.17, 15) is 22.6 Å². The minimum atomic E-state index is -2.84. The highest BCUT2D eigenvalue weighted by molar-refractivity contribution is 7.84. The third-order valence-corrected chi connectivity index (χ3v) is 7.49. The molecule has 0 bridgehead atoms. The predicted octanol–water partition coefficient (Wildman–Crippen LogP) is 4.20. The largest absolute Gasteiger partial charge is 0.331 e. The average Bonchev–Trinajstić information content (AvgIpc) is 3.35. The van der Waals surface area contributed by atoms with Crippen molar-refractivity contribution >= 4 is 39.1 Å². The molecule has 2 amide bonds. The molecule has 1 N–H and O–H groups in total. The molecule has 0 saturated heterocycles. The zero-order valence-corrected chi connectivity index (χ0v) is 18.3. The van der Waals surface area contributed by atoms with Gasteiger partial charge in [0.1, 0.15) is 5.69 Å². The maximum Gasteiger partial charge on any atom is 0.281 e. The molecule has 1 fully saturated rings. The molecule has 1 aliphatic carbocycles. The summed E-state index contributed by atoms with van der Waals surface area (Å²) in [5.74, 6) is -0.0837. The molecule has 2 aliphatic rings. The number of hydrogen-bond donors (Lipinski definition) is 1. The maximum absolute atomic E-state index is 13.6. The van der Waals surface area contributed by atoms with Gasteiger partial charge in [0.2, 0.25) is 5.91 Å². The van der Waals surface area contributed by atoms with Crippen LogP contribution in [0.25, 0.3) is 10.4 Å². The number of rotatable bonds is 6. The first-order chi connectivity index (χ1) is 14.2. The van der Waals surface area contributed by atoms with Crippen LogP contribution in [0.1, 0.15) is 54.7 Å². The number of alkyl halides is 2. The standard InChI is InChI=1S/C20H21F2N3O3S2/c1-9(11-4-5-11)25-8-13-6-12(7-14(30(3)28)15(13)19(25)27)17-16(18(21)22)24-20(29-17)23-10(2)26/h6-7,9,11,18H,4-5,8H2,1-3H3,(H,23,24,26)/t9?,30-/m0/s1. The van der Waals surface area contributed by atoms with E-state index in [1.807, 2.05) is 6.92 Å². The average molecular weight is 454 g/mol. The van der Waals surface area contributed by atoms with Crippen LogP contribution in [0.2, 0.25) is 0 Å². The quantitative estimate of drug-likeness (QED) is 0.711. The lowest BCUT2D eigenvalue weighted by Gasteiger charge is -2.24. The zero-order valence-electron chi connectivity index (χ0n) is 16.7. The van der Waals surface area contributed by atoms with Crippen molar-refractivity contribution in [3.63, 3.8) is 0 Å². The molecule has 1 aliphatic heterocycles. The summed E-state index contributed by atoms with van der Waals surface area (Å²) in [7, 11) is -1.48. The van der Waals surface area contributed by atoms with Gasteiger partial charge >= 0.3 is 0 Å². The summed E-state index contributed by atoms with van der Waals surface area (Å²) >= 11 is 0.937. The van der Waals surface area contributed by atoms with Gasteiger partial charge in [0.25, 0.3) is 12.3 Å². The van der Waals surface area contributed by atoms with Crippen LogP contribution >= 0.6 is 11.3 Å². The Morgan fingerprint density at radius 2 is 2.07 bits per heavy atom. The Hall–Kier alpha value is -2.20. The van der Waals surface area contributed by atoms with Crippen LogP contribution in [-0.4, -0.2) is 38.2 Å². The van der Waals surface area contributed by atoms with E-state index in [1.54, 1.807) is 11.0 Å². The fourth-order valence-electron chi connectivity index (χ4n) is 3.85. The molecule has 1 saturated carbocycles. The molecule has 10 heteroatoms. The number of benzene rings is 1. The minimum Gasteiger partial charge on any atom is -0.331 e. The Morgan fingerprint density at radius 1 is 1.37 bits per heavy atom. The predicted molar refractivity (Wildman–Crippen MR) is 111 cm³/mol. The summed E-state index contributed by atoms with van der Waals surface area (Å²) in [6.07, 6.45) is 0.812. The molecule has 2 aromatic rings. The SMILES string of the molecule is CC(=O)Nc1nc(C(F)F)c(-c2cc3c(c([S@](C)=O)c2)C(=O)N(C(C)C2CC2)C3)s1. The second kappa shape index (κ2) is 7.81. The topological polar surface area (TPSA) is 79.4 Å². The summed E-state index contributed by atoms with van der Waals surface area (Å²) < 4.78 is 39.7. The van der Waals surface area contributed by atoms with Gasteiger partial charge in [0, 0.05) is 25.8 Å². The van der Waals surface area contributed by atoms with E-state index in [-0.39, 0.29) is 22.0 Å². The van der Waals surface area contributed by atoms with Crippen molar-refractivity contribution in [3.05, 3.63) is 29.0 Å². The van der Waals surface area contributed by atoms with E-state index in [0.717, 1.165) is 24.2 Å². The normalized spacial score (nSPS) is 17.9. The van der Waals surface area contributed by atoms with Crippen molar-refractivity contribution in [2.75, 3.05) is 11.6 Å². The number of nitrogens with one attached hydrogen (secondary N) is 1. The van der Waals surface area contributed by atoms with E-state index in [2.05, 4.69) is 10.3 Å². The molecule has 2 atom stereocenters. The van der Waals surface area contributed by atoms with Gasteiger partial charge in [-0.1, -0.05) is 11.3 Å².